The van der Waals surface area contributed by atoms with Gasteiger partial charge < -0.3 is 11.1 Å². The Hall–Kier alpha value is -1.51. The minimum Gasteiger partial charge on any atom is -0.399 e. The van der Waals surface area contributed by atoms with E-state index in [1.54, 1.807) is 12.1 Å². The average Bonchev–Trinajstić information content (AvgIpc) is 2.23. The minimum absolute atomic E-state index is 0.0878. The normalized spacial score (nSPS) is 10.3. The number of carbonyl (C=O) groups is 1. The quantitative estimate of drug-likeness (QED) is 0.744. The molecule has 0 aliphatic heterocycles. The van der Waals surface area contributed by atoms with Crippen molar-refractivity contribution < 1.29 is 4.79 Å². The topological polar surface area (TPSA) is 55.1 Å². The van der Waals surface area contributed by atoms with E-state index in [1.807, 2.05) is 26.0 Å². The monoisotopic (exact) mass is 206 g/mol. The summed E-state index contributed by atoms with van der Waals surface area (Å²) in [5, 5.41) is 2.88. The third kappa shape index (κ3) is 3.27. The van der Waals surface area contributed by atoms with Crippen molar-refractivity contribution in [1.82, 2.24) is 0 Å². The van der Waals surface area contributed by atoms with Crippen molar-refractivity contribution in [3.05, 3.63) is 24.3 Å². The van der Waals surface area contributed by atoms with Crippen LogP contribution in [0.2, 0.25) is 0 Å². The number of rotatable bonds is 4. The van der Waals surface area contributed by atoms with Gasteiger partial charge in [-0.25, -0.2) is 0 Å². The first-order valence-corrected chi connectivity index (χ1v) is 5.33. The van der Waals surface area contributed by atoms with Crippen LogP contribution in [-0.4, -0.2) is 5.91 Å². The molecule has 1 amide bonds. The maximum absolute atomic E-state index is 11.7. The molecule has 82 valence electrons. The molecule has 15 heavy (non-hydrogen) atoms. The van der Waals surface area contributed by atoms with E-state index in [2.05, 4.69) is 5.32 Å². The zero-order valence-electron chi connectivity index (χ0n) is 9.29. The van der Waals surface area contributed by atoms with Gasteiger partial charge in [-0.05, 0) is 37.1 Å². The van der Waals surface area contributed by atoms with Crippen molar-refractivity contribution in [1.29, 1.82) is 0 Å². The SMILES string of the molecule is CCC(CC)C(=O)Nc1ccc(N)cc1. The van der Waals surface area contributed by atoms with Gasteiger partial charge in [0, 0.05) is 17.3 Å². The number of nitrogens with two attached hydrogens (primary N) is 1. The lowest BCUT2D eigenvalue weighted by atomic mass is 10.0. The lowest BCUT2D eigenvalue weighted by Crippen LogP contribution is -2.21. The van der Waals surface area contributed by atoms with Crippen LogP contribution < -0.4 is 11.1 Å². The van der Waals surface area contributed by atoms with Gasteiger partial charge in [0.15, 0.2) is 0 Å². The number of hydrogen-bond donors (Lipinski definition) is 2. The molecule has 0 aromatic heterocycles. The van der Waals surface area contributed by atoms with E-state index in [-0.39, 0.29) is 11.8 Å². The Labute approximate surface area is 90.7 Å². The molecule has 3 N–H and O–H groups in total. The van der Waals surface area contributed by atoms with E-state index in [9.17, 15) is 4.79 Å². The van der Waals surface area contributed by atoms with Crippen LogP contribution >= 0.6 is 0 Å². The minimum atomic E-state index is 0.0878. The molecule has 1 aromatic rings. The van der Waals surface area contributed by atoms with Crippen molar-refractivity contribution in [2.24, 2.45) is 5.92 Å². The summed E-state index contributed by atoms with van der Waals surface area (Å²) in [6.07, 6.45) is 1.74. The molecule has 0 atom stereocenters. The van der Waals surface area contributed by atoms with Gasteiger partial charge in [-0.1, -0.05) is 13.8 Å². The molecule has 0 bridgehead atoms. The first-order valence-electron chi connectivity index (χ1n) is 5.33. The summed E-state index contributed by atoms with van der Waals surface area (Å²) < 4.78 is 0. The second-order valence-electron chi connectivity index (χ2n) is 3.62. The van der Waals surface area contributed by atoms with Crippen LogP contribution in [0, 0.1) is 5.92 Å². The van der Waals surface area contributed by atoms with Crippen LogP contribution in [0.4, 0.5) is 11.4 Å². The van der Waals surface area contributed by atoms with Gasteiger partial charge in [-0.15, -0.1) is 0 Å². The lowest BCUT2D eigenvalue weighted by molar-refractivity contribution is -0.120. The molecule has 0 fully saturated rings. The highest BCUT2D eigenvalue weighted by molar-refractivity contribution is 5.92. The van der Waals surface area contributed by atoms with Gasteiger partial charge in [0.1, 0.15) is 0 Å². The number of carbonyl (C=O) groups excluding carboxylic acids is 1. The molecular weight excluding hydrogens is 188 g/mol. The van der Waals surface area contributed by atoms with E-state index in [1.165, 1.54) is 0 Å². The first kappa shape index (κ1) is 11.6. The van der Waals surface area contributed by atoms with E-state index in [0.717, 1.165) is 18.5 Å². The second kappa shape index (κ2) is 5.39. The molecule has 0 radical (unpaired) electrons. The number of amides is 1. The Morgan fingerprint density at radius 1 is 1.27 bits per heavy atom. The summed E-state index contributed by atoms with van der Waals surface area (Å²) in [5.74, 6) is 0.187. The van der Waals surface area contributed by atoms with Gasteiger partial charge in [0.05, 0.1) is 0 Å². The van der Waals surface area contributed by atoms with Gasteiger partial charge in [-0.2, -0.15) is 0 Å². The first-order chi connectivity index (χ1) is 7.17. The van der Waals surface area contributed by atoms with Crippen LogP contribution in [0.15, 0.2) is 24.3 Å². The number of anilines is 2. The summed E-state index contributed by atoms with van der Waals surface area (Å²) in [7, 11) is 0. The van der Waals surface area contributed by atoms with Gasteiger partial charge in [0.2, 0.25) is 5.91 Å². The molecule has 0 aliphatic rings. The van der Waals surface area contributed by atoms with Crippen molar-refractivity contribution in [3.63, 3.8) is 0 Å². The highest BCUT2D eigenvalue weighted by atomic mass is 16.1. The molecule has 0 heterocycles. The molecule has 0 spiro atoms. The van der Waals surface area contributed by atoms with Crippen LogP contribution in [0.1, 0.15) is 26.7 Å². The maximum atomic E-state index is 11.7. The molecule has 0 unspecified atom stereocenters. The Morgan fingerprint density at radius 3 is 2.27 bits per heavy atom. The van der Waals surface area contributed by atoms with Crippen LogP contribution in [-0.2, 0) is 4.79 Å². The highest BCUT2D eigenvalue weighted by Crippen LogP contribution is 2.14. The van der Waals surface area contributed by atoms with Crippen LogP contribution in [0.25, 0.3) is 0 Å². The number of nitrogens with one attached hydrogen (secondary N) is 1. The molecule has 0 saturated carbocycles. The third-order valence-corrected chi connectivity index (χ3v) is 2.53. The third-order valence-electron chi connectivity index (χ3n) is 2.53. The Bertz CT molecular complexity index is 315. The molecule has 1 rings (SSSR count). The van der Waals surface area contributed by atoms with E-state index < -0.39 is 0 Å². The van der Waals surface area contributed by atoms with Crippen molar-refractivity contribution in [3.8, 4) is 0 Å². The molecule has 3 nitrogen and oxygen atoms in total. The van der Waals surface area contributed by atoms with Crippen molar-refractivity contribution >= 4 is 17.3 Å². The van der Waals surface area contributed by atoms with Crippen LogP contribution in [0.3, 0.4) is 0 Å². The smallest absolute Gasteiger partial charge is 0.227 e. The molecule has 3 heteroatoms. The maximum Gasteiger partial charge on any atom is 0.227 e. The fourth-order valence-corrected chi connectivity index (χ4v) is 1.47. The fourth-order valence-electron chi connectivity index (χ4n) is 1.47. The summed E-state index contributed by atoms with van der Waals surface area (Å²) in [6, 6.07) is 7.19. The summed E-state index contributed by atoms with van der Waals surface area (Å²) in [5.41, 5.74) is 7.07. The second-order valence-corrected chi connectivity index (χ2v) is 3.62. The molecule has 0 aliphatic carbocycles. The Morgan fingerprint density at radius 2 is 1.80 bits per heavy atom. The number of nitrogen functional groups attached to an aromatic ring is 1. The summed E-state index contributed by atoms with van der Waals surface area (Å²) in [4.78, 5) is 11.7. The van der Waals surface area contributed by atoms with E-state index in [0.29, 0.717) is 5.69 Å². The summed E-state index contributed by atoms with van der Waals surface area (Å²) in [6.45, 7) is 4.05. The van der Waals surface area contributed by atoms with Crippen molar-refractivity contribution in [2.75, 3.05) is 11.1 Å². The molecular formula is C12H18N2O. The Balaban J connectivity index is 2.61. The van der Waals surface area contributed by atoms with E-state index >= 15 is 0 Å². The lowest BCUT2D eigenvalue weighted by Gasteiger charge is -2.12. The zero-order chi connectivity index (χ0) is 11.3. The molecule has 0 saturated heterocycles. The average molecular weight is 206 g/mol. The largest absolute Gasteiger partial charge is 0.399 e. The van der Waals surface area contributed by atoms with Crippen LogP contribution in [0.5, 0.6) is 0 Å². The van der Waals surface area contributed by atoms with E-state index in [4.69, 9.17) is 5.73 Å². The Kier molecular flexibility index (Phi) is 4.16. The van der Waals surface area contributed by atoms with Gasteiger partial charge in [-0.3, -0.25) is 4.79 Å². The fraction of sp³-hybridized carbons (Fsp3) is 0.417. The highest BCUT2D eigenvalue weighted by Gasteiger charge is 2.13. The van der Waals surface area contributed by atoms with Gasteiger partial charge in [0.25, 0.3) is 0 Å². The summed E-state index contributed by atoms with van der Waals surface area (Å²) >= 11 is 0. The standard InChI is InChI=1S/C12H18N2O/c1-3-9(4-2)12(15)14-11-7-5-10(13)6-8-11/h5-9H,3-4,13H2,1-2H3,(H,14,15). The number of hydrogen-bond acceptors (Lipinski definition) is 2. The van der Waals surface area contributed by atoms with Crippen molar-refractivity contribution in [2.45, 2.75) is 26.7 Å². The number of benzene rings is 1. The predicted octanol–water partition coefficient (Wildman–Crippen LogP) is 2.64. The predicted molar refractivity (Wildman–Crippen MR) is 63.6 cm³/mol. The zero-order valence-corrected chi connectivity index (χ0v) is 9.29. The van der Waals surface area contributed by atoms with Gasteiger partial charge >= 0.3 is 0 Å². The molecule has 1 aromatic carbocycles.